The number of rotatable bonds is 6. The standard InChI is InChI=1S/C15H19N3OS2/c1-4-20-15-18-17-14(21-15)16-13(19)12-7-5-11(6-8-12)9-10(2)3/h5-8,10H,4,9H2,1-3H3,(H,16,17,19). The summed E-state index contributed by atoms with van der Waals surface area (Å²) in [7, 11) is 0. The van der Waals surface area contributed by atoms with E-state index in [4.69, 9.17) is 0 Å². The molecule has 0 aliphatic rings. The fourth-order valence-corrected chi connectivity index (χ4v) is 3.52. The molecule has 1 amide bonds. The third kappa shape index (κ3) is 4.82. The van der Waals surface area contributed by atoms with Gasteiger partial charge in [-0.15, -0.1) is 10.2 Å². The normalized spacial score (nSPS) is 10.9. The first kappa shape index (κ1) is 16.0. The fraction of sp³-hybridized carbons (Fsp3) is 0.400. The molecule has 0 atom stereocenters. The number of hydrogen-bond acceptors (Lipinski definition) is 5. The predicted molar refractivity (Wildman–Crippen MR) is 89.2 cm³/mol. The second-order valence-electron chi connectivity index (χ2n) is 5.06. The first-order chi connectivity index (χ1) is 10.1. The van der Waals surface area contributed by atoms with Gasteiger partial charge in [-0.2, -0.15) is 0 Å². The molecule has 0 bridgehead atoms. The number of nitrogens with zero attached hydrogens (tertiary/aromatic N) is 2. The number of amides is 1. The first-order valence-corrected chi connectivity index (χ1v) is 8.75. The molecule has 0 spiro atoms. The summed E-state index contributed by atoms with van der Waals surface area (Å²) >= 11 is 3.02. The molecule has 0 unspecified atom stereocenters. The molecule has 21 heavy (non-hydrogen) atoms. The van der Waals surface area contributed by atoms with Gasteiger partial charge < -0.3 is 0 Å². The number of benzene rings is 1. The van der Waals surface area contributed by atoms with Gasteiger partial charge in [-0.1, -0.05) is 56.0 Å². The van der Waals surface area contributed by atoms with Gasteiger partial charge in [-0.05, 0) is 35.8 Å². The van der Waals surface area contributed by atoms with E-state index in [1.807, 2.05) is 24.3 Å². The van der Waals surface area contributed by atoms with E-state index in [1.165, 1.54) is 16.9 Å². The van der Waals surface area contributed by atoms with E-state index in [-0.39, 0.29) is 5.91 Å². The van der Waals surface area contributed by atoms with Gasteiger partial charge in [0.25, 0.3) is 5.91 Å². The number of hydrogen-bond donors (Lipinski definition) is 1. The van der Waals surface area contributed by atoms with E-state index in [2.05, 4.69) is 36.3 Å². The van der Waals surface area contributed by atoms with Gasteiger partial charge in [0.1, 0.15) is 0 Å². The van der Waals surface area contributed by atoms with Crippen LogP contribution in [0.1, 0.15) is 36.7 Å². The van der Waals surface area contributed by atoms with Gasteiger partial charge in [0.2, 0.25) is 5.13 Å². The summed E-state index contributed by atoms with van der Waals surface area (Å²) in [5, 5.41) is 11.3. The van der Waals surface area contributed by atoms with Crippen molar-refractivity contribution in [3.8, 4) is 0 Å². The molecule has 4 nitrogen and oxygen atoms in total. The number of carbonyl (C=O) groups is 1. The summed E-state index contributed by atoms with van der Waals surface area (Å²) in [5.74, 6) is 1.41. The van der Waals surface area contributed by atoms with Gasteiger partial charge in [0.05, 0.1) is 0 Å². The minimum atomic E-state index is -0.143. The van der Waals surface area contributed by atoms with Crippen molar-refractivity contribution >= 4 is 34.1 Å². The molecule has 0 saturated heterocycles. The van der Waals surface area contributed by atoms with E-state index < -0.39 is 0 Å². The topological polar surface area (TPSA) is 54.9 Å². The highest BCUT2D eigenvalue weighted by Crippen LogP contribution is 2.25. The Kier molecular flexibility index (Phi) is 5.76. The molecule has 0 aliphatic heterocycles. The molecule has 1 aromatic heterocycles. The van der Waals surface area contributed by atoms with Gasteiger partial charge in [-0.3, -0.25) is 10.1 Å². The Balaban J connectivity index is 1.99. The average molecular weight is 321 g/mol. The molecule has 1 heterocycles. The molecular weight excluding hydrogens is 302 g/mol. The quantitative estimate of drug-likeness (QED) is 0.643. The van der Waals surface area contributed by atoms with Crippen molar-refractivity contribution in [2.75, 3.05) is 11.1 Å². The first-order valence-electron chi connectivity index (χ1n) is 6.95. The molecule has 0 aliphatic carbocycles. The fourth-order valence-electron chi connectivity index (χ4n) is 1.87. The Hall–Kier alpha value is -1.40. The maximum Gasteiger partial charge on any atom is 0.257 e. The molecule has 112 valence electrons. The van der Waals surface area contributed by atoms with E-state index in [9.17, 15) is 4.79 Å². The lowest BCUT2D eigenvalue weighted by Crippen LogP contribution is -2.11. The lowest BCUT2D eigenvalue weighted by atomic mass is 10.0. The van der Waals surface area contributed by atoms with Crippen LogP contribution < -0.4 is 5.32 Å². The highest BCUT2D eigenvalue weighted by Gasteiger charge is 2.10. The van der Waals surface area contributed by atoms with Gasteiger partial charge in [0.15, 0.2) is 4.34 Å². The van der Waals surface area contributed by atoms with Crippen LogP contribution in [-0.2, 0) is 6.42 Å². The second kappa shape index (κ2) is 7.56. The lowest BCUT2D eigenvalue weighted by molar-refractivity contribution is 0.102. The van der Waals surface area contributed by atoms with Crippen molar-refractivity contribution in [1.82, 2.24) is 10.2 Å². The third-order valence-corrected chi connectivity index (χ3v) is 4.61. The van der Waals surface area contributed by atoms with E-state index in [0.717, 1.165) is 16.5 Å². The van der Waals surface area contributed by atoms with Gasteiger partial charge in [0, 0.05) is 5.56 Å². The maximum absolute atomic E-state index is 12.1. The molecule has 1 aromatic carbocycles. The van der Waals surface area contributed by atoms with Crippen LogP contribution >= 0.6 is 23.1 Å². The number of nitrogens with one attached hydrogen (secondary N) is 1. The summed E-state index contributed by atoms with van der Waals surface area (Å²) in [4.78, 5) is 12.1. The Morgan fingerprint density at radius 2 is 2.00 bits per heavy atom. The average Bonchev–Trinajstić information content (AvgIpc) is 2.86. The lowest BCUT2D eigenvalue weighted by Gasteiger charge is -2.06. The molecule has 2 rings (SSSR count). The number of anilines is 1. The summed E-state index contributed by atoms with van der Waals surface area (Å²) < 4.78 is 0.875. The van der Waals surface area contributed by atoms with Crippen molar-refractivity contribution in [3.05, 3.63) is 35.4 Å². The number of aromatic nitrogens is 2. The Morgan fingerprint density at radius 3 is 2.62 bits per heavy atom. The third-order valence-electron chi connectivity index (χ3n) is 2.75. The van der Waals surface area contributed by atoms with Crippen LogP contribution in [0.2, 0.25) is 0 Å². The van der Waals surface area contributed by atoms with Crippen LogP contribution in [0.25, 0.3) is 0 Å². The van der Waals surface area contributed by atoms with Crippen molar-refractivity contribution in [3.63, 3.8) is 0 Å². The summed E-state index contributed by atoms with van der Waals surface area (Å²) in [6.45, 7) is 6.42. The Morgan fingerprint density at radius 1 is 1.29 bits per heavy atom. The van der Waals surface area contributed by atoms with Gasteiger partial charge >= 0.3 is 0 Å². The highest BCUT2D eigenvalue weighted by molar-refractivity contribution is 8.01. The van der Waals surface area contributed by atoms with E-state index in [1.54, 1.807) is 11.8 Å². The maximum atomic E-state index is 12.1. The van der Waals surface area contributed by atoms with Crippen molar-refractivity contribution < 1.29 is 4.79 Å². The highest BCUT2D eigenvalue weighted by atomic mass is 32.2. The van der Waals surface area contributed by atoms with Crippen LogP contribution in [0.15, 0.2) is 28.6 Å². The monoisotopic (exact) mass is 321 g/mol. The zero-order valence-corrected chi connectivity index (χ0v) is 14.1. The largest absolute Gasteiger partial charge is 0.296 e. The second-order valence-corrected chi connectivity index (χ2v) is 7.54. The Bertz CT molecular complexity index is 593. The van der Waals surface area contributed by atoms with Crippen molar-refractivity contribution in [2.45, 2.75) is 31.5 Å². The summed E-state index contributed by atoms with van der Waals surface area (Å²) in [5.41, 5.74) is 1.89. The van der Waals surface area contributed by atoms with Crippen LogP contribution in [0, 0.1) is 5.92 Å². The molecule has 0 radical (unpaired) electrons. The smallest absolute Gasteiger partial charge is 0.257 e. The minimum absolute atomic E-state index is 0.143. The minimum Gasteiger partial charge on any atom is -0.296 e. The number of carbonyl (C=O) groups excluding carboxylic acids is 1. The zero-order valence-electron chi connectivity index (χ0n) is 12.4. The van der Waals surface area contributed by atoms with Crippen molar-refractivity contribution in [2.24, 2.45) is 5.92 Å². The molecular formula is C15H19N3OS2. The molecule has 2 aromatic rings. The van der Waals surface area contributed by atoms with Crippen molar-refractivity contribution in [1.29, 1.82) is 0 Å². The summed E-state index contributed by atoms with van der Waals surface area (Å²) in [6, 6.07) is 7.73. The number of thioether (sulfide) groups is 1. The molecule has 0 fully saturated rings. The van der Waals surface area contributed by atoms with Crippen LogP contribution in [0.4, 0.5) is 5.13 Å². The SMILES string of the molecule is CCSc1nnc(NC(=O)c2ccc(CC(C)C)cc2)s1. The van der Waals surface area contributed by atoms with Crippen LogP contribution in [0.5, 0.6) is 0 Å². The zero-order chi connectivity index (χ0) is 15.2. The molecule has 0 saturated carbocycles. The Labute approximate surface area is 133 Å². The molecule has 1 N–H and O–H groups in total. The molecule has 6 heteroatoms. The van der Waals surface area contributed by atoms with Gasteiger partial charge in [-0.25, -0.2) is 0 Å². The van der Waals surface area contributed by atoms with Crippen LogP contribution in [0.3, 0.4) is 0 Å². The van der Waals surface area contributed by atoms with Crippen LogP contribution in [-0.4, -0.2) is 21.9 Å². The predicted octanol–water partition coefficient (Wildman–Crippen LogP) is 4.10. The van der Waals surface area contributed by atoms with E-state index in [0.29, 0.717) is 16.6 Å². The summed E-state index contributed by atoms with van der Waals surface area (Å²) in [6.07, 6.45) is 1.02. The van der Waals surface area contributed by atoms with E-state index >= 15 is 0 Å².